The second kappa shape index (κ2) is 5.94. The van der Waals surface area contributed by atoms with E-state index in [1.807, 2.05) is 0 Å². The Kier molecular flexibility index (Phi) is 4.60. The zero-order valence-electron chi connectivity index (χ0n) is 11.5. The first-order chi connectivity index (χ1) is 9.75. The van der Waals surface area contributed by atoms with Gasteiger partial charge in [0, 0.05) is 19.1 Å². The number of sulfonamides is 1. The van der Waals surface area contributed by atoms with Crippen LogP contribution in [-0.2, 0) is 16.2 Å². The lowest BCUT2D eigenvalue weighted by molar-refractivity contribution is -0.137. The van der Waals surface area contributed by atoms with Crippen LogP contribution in [0.4, 0.5) is 13.2 Å². The maximum absolute atomic E-state index is 12.5. The number of nitrogens with zero attached hydrogens (tertiary/aromatic N) is 1. The summed E-state index contributed by atoms with van der Waals surface area (Å²) in [4.78, 5) is -0.104. The van der Waals surface area contributed by atoms with E-state index in [0.29, 0.717) is 13.1 Å². The van der Waals surface area contributed by atoms with Gasteiger partial charge in [-0.3, -0.25) is 0 Å². The Morgan fingerprint density at radius 1 is 1.24 bits per heavy atom. The van der Waals surface area contributed by atoms with Crippen LogP contribution in [0.5, 0.6) is 0 Å². The number of halogens is 3. The van der Waals surface area contributed by atoms with Crippen LogP contribution >= 0.6 is 0 Å². The van der Waals surface area contributed by atoms with Crippen molar-refractivity contribution in [2.24, 2.45) is 0 Å². The van der Waals surface area contributed by atoms with Crippen LogP contribution in [0.1, 0.15) is 18.4 Å². The van der Waals surface area contributed by atoms with Crippen molar-refractivity contribution in [2.75, 3.05) is 20.1 Å². The number of piperidine rings is 1. The lowest BCUT2D eigenvalue weighted by atomic mass is 10.1. The Labute approximate surface area is 122 Å². The molecule has 1 saturated heterocycles. The van der Waals surface area contributed by atoms with Crippen molar-refractivity contribution in [1.29, 1.82) is 0 Å². The number of hydrogen-bond acceptors (Lipinski definition) is 3. The Hall–Kier alpha value is -1.12. The predicted molar refractivity (Wildman–Crippen MR) is 72.3 cm³/mol. The minimum atomic E-state index is -4.47. The smallest absolute Gasteiger partial charge is 0.316 e. The molecule has 4 nitrogen and oxygen atoms in total. The van der Waals surface area contributed by atoms with Crippen LogP contribution in [0.25, 0.3) is 0 Å². The zero-order chi connectivity index (χ0) is 15.7. The molecule has 1 atom stereocenters. The molecular weight excluding hydrogens is 305 g/mol. The fraction of sp³-hybridized carbons (Fsp3) is 0.538. The monoisotopic (exact) mass is 322 g/mol. The average Bonchev–Trinajstić information content (AvgIpc) is 2.46. The molecule has 118 valence electrons. The summed E-state index contributed by atoms with van der Waals surface area (Å²) in [6.07, 6.45) is -2.86. The number of alkyl halides is 3. The summed E-state index contributed by atoms with van der Waals surface area (Å²) < 4.78 is 63.7. The predicted octanol–water partition coefficient (Wildman–Crippen LogP) is 2.08. The van der Waals surface area contributed by atoms with Crippen molar-refractivity contribution >= 4 is 10.0 Å². The number of rotatable bonds is 3. The Bertz CT molecular complexity index is 584. The molecule has 1 aromatic carbocycles. The van der Waals surface area contributed by atoms with Gasteiger partial charge < -0.3 is 5.32 Å². The fourth-order valence-electron chi connectivity index (χ4n) is 2.36. The maximum Gasteiger partial charge on any atom is 0.416 e. The quantitative estimate of drug-likeness (QED) is 0.927. The lowest BCUT2D eigenvalue weighted by Gasteiger charge is -2.31. The summed E-state index contributed by atoms with van der Waals surface area (Å²) in [5, 5.41) is 3.03. The highest BCUT2D eigenvalue weighted by Gasteiger charge is 2.32. The van der Waals surface area contributed by atoms with E-state index in [1.165, 1.54) is 4.31 Å². The van der Waals surface area contributed by atoms with Crippen molar-refractivity contribution < 1.29 is 21.6 Å². The number of benzene rings is 1. The highest BCUT2D eigenvalue weighted by molar-refractivity contribution is 7.89. The second-order valence-corrected chi connectivity index (χ2v) is 6.95. The van der Waals surface area contributed by atoms with Gasteiger partial charge in [0.2, 0.25) is 10.0 Å². The summed E-state index contributed by atoms with van der Waals surface area (Å²) in [6.45, 7) is 0.724. The molecule has 0 radical (unpaired) electrons. The Balaban J connectivity index is 2.23. The van der Waals surface area contributed by atoms with Crippen molar-refractivity contribution in [2.45, 2.75) is 30.0 Å². The van der Waals surface area contributed by atoms with E-state index in [-0.39, 0.29) is 10.9 Å². The molecule has 21 heavy (non-hydrogen) atoms. The second-order valence-electron chi connectivity index (χ2n) is 5.01. The topological polar surface area (TPSA) is 49.4 Å². The highest BCUT2D eigenvalue weighted by Crippen LogP contribution is 2.30. The van der Waals surface area contributed by atoms with Crippen molar-refractivity contribution in [3.05, 3.63) is 29.8 Å². The SMILES string of the molecule is CNC1CCCN(S(=O)(=O)c2ccc(C(F)(F)F)cc2)C1. The van der Waals surface area contributed by atoms with Crippen molar-refractivity contribution in [3.63, 3.8) is 0 Å². The first kappa shape index (κ1) is 16.3. The van der Waals surface area contributed by atoms with E-state index < -0.39 is 21.8 Å². The summed E-state index contributed by atoms with van der Waals surface area (Å²) in [6, 6.07) is 3.70. The van der Waals surface area contributed by atoms with Gasteiger partial charge in [-0.2, -0.15) is 17.5 Å². The summed E-state index contributed by atoms with van der Waals surface area (Å²) >= 11 is 0. The normalized spacial score (nSPS) is 21.4. The van der Waals surface area contributed by atoms with Gasteiger partial charge >= 0.3 is 6.18 Å². The lowest BCUT2D eigenvalue weighted by Crippen LogP contribution is -2.46. The minimum Gasteiger partial charge on any atom is -0.316 e. The molecule has 0 aromatic heterocycles. The van der Waals surface area contributed by atoms with E-state index in [2.05, 4.69) is 5.32 Å². The van der Waals surface area contributed by atoms with Crippen LogP contribution < -0.4 is 5.32 Å². The number of likely N-dealkylation sites (N-methyl/N-ethyl adjacent to an activating group) is 1. The molecule has 0 aliphatic carbocycles. The molecule has 8 heteroatoms. The molecule has 0 bridgehead atoms. The fourth-order valence-corrected chi connectivity index (χ4v) is 3.89. The zero-order valence-corrected chi connectivity index (χ0v) is 12.3. The number of hydrogen-bond donors (Lipinski definition) is 1. The molecule has 0 amide bonds. The van der Waals surface area contributed by atoms with Gasteiger partial charge in [-0.05, 0) is 44.2 Å². The van der Waals surface area contributed by atoms with Gasteiger partial charge in [-0.1, -0.05) is 0 Å². The molecule has 0 spiro atoms. The van der Waals surface area contributed by atoms with E-state index in [4.69, 9.17) is 0 Å². The molecule has 1 aromatic rings. The molecule has 2 rings (SSSR count). The van der Waals surface area contributed by atoms with Crippen LogP contribution in [0.3, 0.4) is 0 Å². The Morgan fingerprint density at radius 3 is 2.38 bits per heavy atom. The van der Waals surface area contributed by atoms with Gasteiger partial charge in [0.1, 0.15) is 0 Å². The van der Waals surface area contributed by atoms with Crippen LogP contribution in [-0.4, -0.2) is 38.9 Å². The van der Waals surface area contributed by atoms with Gasteiger partial charge in [0.25, 0.3) is 0 Å². The molecule has 1 unspecified atom stereocenters. The summed E-state index contributed by atoms with van der Waals surface area (Å²) in [5.74, 6) is 0. The summed E-state index contributed by atoms with van der Waals surface area (Å²) in [7, 11) is -1.98. The molecule has 0 saturated carbocycles. The first-order valence-corrected chi connectivity index (χ1v) is 8.04. The van der Waals surface area contributed by atoms with Crippen LogP contribution in [0.15, 0.2) is 29.2 Å². The molecular formula is C13H17F3N2O2S. The minimum absolute atomic E-state index is 0.0722. The van der Waals surface area contributed by atoms with E-state index in [9.17, 15) is 21.6 Å². The Morgan fingerprint density at radius 2 is 1.86 bits per heavy atom. The highest BCUT2D eigenvalue weighted by atomic mass is 32.2. The third kappa shape index (κ3) is 3.56. The molecule has 1 aliphatic heterocycles. The van der Waals surface area contributed by atoms with Crippen LogP contribution in [0, 0.1) is 0 Å². The third-order valence-electron chi connectivity index (χ3n) is 3.61. The molecule has 1 heterocycles. The largest absolute Gasteiger partial charge is 0.416 e. The third-order valence-corrected chi connectivity index (χ3v) is 5.49. The summed E-state index contributed by atoms with van der Waals surface area (Å²) in [5.41, 5.74) is -0.854. The standard InChI is InChI=1S/C13H17F3N2O2S/c1-17-11-3-2-8-18(9-11)21(19,20)12-6-4-10(5-7-12)13(14,15)16/h4-7,11,17H,2-3,8-9H2,1H3. The van der Waals surface area contributed by atoms with Crippen molar-refractivity contribution in [3.8, 4) is 0 Å². The van der Waals surface area contributed by atoms with Crippen molar-refractivity contribution in [1.82, 2.24) is 9.62 Å². The van der Waals surface area contributed by atoms with Crippen LogP contribution in [0.2, 0.25) is 0 Å². The van der Waals surface area contributed by atoms with Gasteiger partial charge in [-0.15, -0.1) is 0 Å². The van der Waals surface area contributed by atoms with Gasteiger partial charge in [0.15, 0.2) is 0 Å². The number of nitrogens with one attached hydrogen (secondary N) is 1. The molecule has 1 aliphatic rings. The van der Waals surface area contributed by atoms with E-state index >= 15 is 0 Å². The molecule has 1 N–H and O–H groups in total. The van der Waals surface area contributed by atoms with E-state index in [1.54, 1.807) is 7.05 Å². The molecule has 1 fully saturated rings. The maximum atomic E-state index is 12.5. The van der Waals surface area contributed by atoms with E-state index in [0.717, 1.165) is 37.1 Å². The van der Waals surface area contributed by atoms with Gasteiger partial charge in [0.05, 0.1) is 10.5 Å². The average molecular weight is 322 g/mol. The first-order valence-electron chi connectivity index (χ1n) is 6.60. The van der Waals surface area contributed by atoms with Gasteiger partial charge in [-0.25, -0.2) is 8.42 Å².